The summed E-state index contributed by atoms with van der Waals surface area (Å²) in [7, 11) is 0. The van der Waals surface area contributed by atoms with Crippen molar-refractivity contribution in [3.8, 4) is 6.07 Å². The molecule has 0 radical (unpaired) electrons. The third-order valence-electron chi connectivity index (χ3n) is 9.46. The zero-order chi connectivity index (χ0) is 29.8. The third kappa shape index (κ3) is 6.17. The van der Waals surface area contributed by atoms with Crippen LogP contribution < -0.4 is 15.1 Å². The fraction of sp³-hybridized carbons (Fsp3) is 0.545. The summed E-state index contributed by atoms with van der Waals surface area (Å²) in [6, 6.07) is 11.1. The number of hydrogen-bond acceptors (Lipinski definition) is 8. The minimum absolute atomic E-state index is 0.140. The van der Waals surface area contributed by atoms with Gasteiger partial charge in [0.15, 0.2) is 0 Å². The highest BCUT2D eigenvalue weighted by Crippen LogP contribution is 2.36. The molecule has 1 aromatic carbocycles. The fourth-order valence-corrected chi connectivity index (χ4v) is 7.27. The molecule has 0 spiro atoms. The normalized spacial score (nSPS) is 21.6. The Hall–Kier alpha value is -4.13. The molecule has 4 heterocycles. The van der Waals surface area contributed by atoms with Gasteiger partial charge < -0.3 is 24.9 Å². The van der Waals surface area contributed by atoms with E-state index in [0.29, 0.717) is 44.6 Å². The molecule has 2 atom stereocenters. The Morgan fingerprint density at radius 1 is 1.07 bits per heavy atom. The molecule has 1 aromatic heterocycles. The van der Waals surface area contributed by atoms with E-state index < -0.39 is 0 Å². The van der Waals surface area contributed by atoms with Crippen LogP contribution in [-0.4, -0.2) is 89.5 Å². The van der Waals surface area contributed by atoms with Crippen molar-refractivity contribution in [3.63, 3.8) is 0 Å². The third-order valence-corrected chi connectivity index (χ3v) is 9.46. The Morgan fingerprint density at radius 3 is 2.72 bits per heavy atom. The number of para-hydroxylation sites is 1. The van der Waals surface area contributed by atoms with E-state index in [0.717, 1.165) is 76.1 Å². The minimum Gasteiger partial charge on any atom is -0.368 e. The molecule has 1 unspecified atom stereocenters. The van der Waals surface area contributed by atoms with E-state index in [9.17, 15) is 14.9 Å². The first-order valence-electron chi connectivity index (χ1n) is 15.9. The lowest BCUT2D eigenvalue weighted by atomic mass is 9.88. The van der Waals surface area contributed by atoms with E-state index in [1.165, 1.54) is 22.9 Å². The monoisotopic (exact) mass is 582 g/mol. The zero-order valence-corrected chi connectivity index (χ0v) is 25.0. The number of anilines is 3. The Morgan fingerprint density at radius 2 is 1.91 bits per heavy atom. The zero-order valence-electron chi connectivity index (χ0n) is 25.0. The van der Waals surface area contributed by atoms with Crippen molar-refractivity contribution in [1.82, 2.24) is 19.8 Å². The van der Waals surface area contributed by atoms with Gasteiger partial charge in [0, 0.05) is 75.9 Å². The van der Waals surface area contributed by atoms with Crippen LogP contribution in [0.25, 0.3) is 0 Å². The molecule has 2 amide bonds. The lowest BCUT2D eigenvalue weighted by Crippen LogP contribution is -2.55. The molecule has 4 aliphatic rings. The predicted octanol–water partition coefficient (Wildman–Crippen LogP) is 3.33. The van der Waals surface area contributed by atoms with E-state index in [1.807, 2.05) is 4.90 Å². The maximum atomic E-state index is 12.7. The largest absolute Gasteiger partial charge is 0.368 e. The van der Waals surface area contributed by atoms with Gasteiger partial charge in [0.2, 0.25) is 17.8 Å². The van der Waals surface area contributed by atoms with Crippen molar-refractivity contribution >= 4 is 29.3 Å². The van der Waals surface area contributed by atoms with Gasteiger partial charge in [-0.1, -0.05) is 24.8 Å². The van der Waals surface area contributed by atoms with Crippen LogP contribution in [0.3, 0.4) is 0 Å². The van der Waals surface area contributed by atoms with E-state index in [-0.39, 0.29) is 24.3 Å². The molecule has 1 N–H and O–H groups in total. The van der Waals surface area contributed by atoms with Crippen LogP contribution in [0.1, 0.15) is 55.3 Å². The molecule has 43 heavy (non-hydrogen) atoms. The predicted molar refractivity (Wildman–Crippen MR) is 167 cm³/mol. The maximum absolute atomic E-state index is 12.7. The molecule has 0 bridgehead atoms. The van der Waals surface area contributed by atoms with E-state index >= 15 is 0 Å². The first kappa shape index (κ1) is 29.0. The number of aryl methyl sites for hydroxylation is 1. The molecule has 6 rings (SSSR count). The number of likely N-dealkylation sites (tertiary alicyclic amines) is 1. The van der Waals surface area contributed by atoms with E-state index in [2.05, 4.69) is 52.0 Å². The molecule has 2 fully saturated rings. The Bertz CT molecular complexity index is 1400. The summed E-state index contributed by atoms with van der Waals surface area (Å²) in [5.74, 6) is 1.47. The van der Waals surface area contributed by atoms with Gasteiger partial charge in [-0.3, -0.25) is 9.59 Å². The average Bonchev–Trinajstić information content (AvgIpc) is 3.59. The summed E-state index contributed by atoms with van der Waals surface area (Å²) in [6.07, 6.45) is 9.15. The number of aromatic nitrogens is 2. The highest BCUT2D eigenvalue weighted by Gasteiger charge is 2.35. The number of amides is 2. The van der Waals surface area contributed by atoms with Crippen molar-refractivity contribution in [2.75, 3.05) is 60.9 Å². The first-order chi connectivity index (χ1) is 21.1. The second-order valence-electron chi connectivity index (χ2n) is 12.1. The van der Waals surface area contributed by atoms with E-state index in [1.54, 1.807) is 4.90 Å². The van der Waals surface area contributed by atoms with Crippen LogP contribution in [0.15, 0.2) is 36.9 Å². The molecular weight excluding hydrogens is 540 g/mol. The number of hydrogen-bond donors (Lipinski definition) is 1. The molecule has 2 aromatic rings. The molecule has 3 aliphatic heterocycles. The highest BCUT2D eigenvalue weighted by atomic mass is 16.2. The fourth-order valence-electron chi connectivity index (χ4n) is 7.27. The van der Waals surface area contributed by atoms with Gasteiger partial charge in [-0.15, -0.1) is 0 Å². The van der Waals surface area contributed by atoms with Crippen LogP contribution in [0.5, 0.6) is 0 Å². The van der Waals surface area contributed by atoms with Crippen molar-refractivity contribution in [2.24, 2.45) is 0 Å². The number of carbonyl (C=O) groups excluding carboxylic acids is 2. The van der Waals surface area contributed by atoms with Crippen molar-refractivity contribution < 1.29 is 9.59 Å². The van der Waals surface area contributed by atoms with Gasteiger partial charge in [0.05, 0.1) is 24.2 Å². The average molecular weight is 583 g/mol. The van der Waals surface area contributed by atoms with Gasteiger partial charge in [-0.05, 0) is 56.2 Å². The van der Waals surface area contributed by atoms with Crippen molar-refractivity contribution in [1.29, 1.82) is 5.26 Å². The second kappa shape index (κ2) is 13.0. The SMILES string of the molecule is C=CC(=O)N1CCN(c2nc(NCCC(=O)N3CCCC3)nc3c2CCC(N2CCCc4ccccc42)C3)C[C@@H]1CC#N. The molecule has 10 heteroatoms. The van der Waals surface area contributed by atoms with Crippen LogP contribution in [0.2, 0.25) is 0 Å². The number of carbonyl (C=O) groups is 2. The summed E-state index contributed by atoms with van der Waals surface area (Å²) in [4.78, 5) is 43.8. The number of nitrogens with zero attached hydrogens (tertiary/aromatic N) is 7. The first-order valence-corrected chi connectivity index (χ1v) is 15.9. The number of benzene rings is 1. The minimum atomic E-state index is -0.231. The number of nitriles is 1. The lowest BCUT2D eigenvalue weighted by Gasteiger charge is -2.43. The molecular formula is C33H42N8O2. The van der Waals surface area contributed by atoms with Crippen LogP contribution in [0, 0.1) is 11.3 Å². The van der Waals surface area contributed by atoms with Gasteiger partial charge >= 0.3 is 0 Å². The maximum Gasteiger partial charge on any atom is 0.246 e. The number of fused-ring (bicyclic) bond motifs is 2. The summed E-state index contributed by atoms with van der Waals surface area (Å²) >= 11 is 0. The Balaban J connectivity index is 1.26. The molecule has 10 nitrogen and oxygen atoms in total. The molecule has 1 aliphatic carbocycles. The smallest absolute Gasteiger partial charge is 0.246 e. The Kier molecular flexibility index (Phi) is 8.77. The molecule has 2 saturated heterocycles. The van der Waals surface area contributed by atoms with Gasteiger partial charge in [0.25, 0.3) is 0 Å². The number of rotatable bonds is 8. The quantitative estimate of drug-likeness (QED) is 0.473. The lowest BCUT2D eigenvalue weighted by molar-refractivity contribution is -0.130. The standard InChI is InChI=1S/C33H42N8O2/c1-2-30(42)41-21-20-39(23-26(41)13-15-34)32-27-12-11-25(40-19-7-9-24-8-3-4-10-29(24)40)22-28(27)36-33(37-32)35-16-14-31(43)38-17-5-6-18-38/h2-4,8,10,25-26H,1,5-7,9,11-14,16-23H2,(H,35,36,37)/t25?,26-/m0/s1. The summed E-state index contributed by atoms with van der Waals surface area (Å²) in [5.41, 5.74) is 4.99. The van der Waals surface area contributed by atoms with Gasteiger partial charge in [-0.2, -0.15) is 10.2 Å². The van der Waals surface area contributed by atoms with Crippen LogP contribution >= 0.6 is 0 Å². The second-order valence-corrected chi connectivity index (χ2v) is 12.1. The van der Waals surface area contributed by atoms with Crippen LogP contribution in [0.4, 0.5) is 17.5 Å². The van der Waals surface area contributed by atoms with Gasteiger partial charge in [-0.25, -0.2) is 4.98 Å². The summed E-state index contributed by atoms with van der Waals surface area (Å²) in [5, 5.41) is 12.9. The molecule has 0 saturated carbocycles. The molecule has 226 valence electrons. The van der Waals surface area contributed by atoms with Crippen molar-refractivity contribution in [2.45, 2.75) is 69.9 Å². The topological polar surface area (TPSA) is 109 Å². The number of nitrogens with one attached hydrogen (secondary N) is 1. The Labute approximate surface area is 254 Å². The van der Waals surface area contributed by atoms with Gasteiger partial charge in [0.1, 0.15) is 5.82 Å². The number of piperazine rings is 1. The highest BCUT2D eigenvalue weighted by molar-refractivity contribution is 5.87. The van der Waals surface area contributed by atoms with E-state index in [4.69, 9.17) is 9.97 Å². The van der Waals surface area contributed by atoms with Crippen molar-refractivity contribution in [3.05, 3.63) is 53.7 Å². The van der Waals surface area contributed by atoms with Crippen LogP contribution in [-0.2, 0) is 28.9 Å². The summed E-state index contributed by atoms with van der Waals surface area (Å²) < 4.78 is 0. The summed E-state index contributed by atoms with van der Waals surface area (Å²) in [6.45, 7) is 8.56.